The van der Waals surface area contributed by atoms with Gasteiger partial charge in [0.1, 0.15) is 0 Å². The van der Waals surface area contributed by atoms with Crippen molar-refractivity contribution in [2.24, 2.45) is 0 Å². The zero-order valence-electron chi connectivity index (χ0n) is 13.0. The molecule has 130 valence electrons. The lowest BCUT2D eigenvalue weighted by molar-refractivity contribution is -0.140. The molecule has 0 saturated heterocycles. The second-order valence-corrected chi connectivity index (χ2v) is 5.79. The highest BCUT2D eigenvalue weighted by molar-refractivity contribution is 7.99. The Bertz CT molecular complexity index is 721. The number of para-hydroxylation sites is 2. The Labute approximate surface area is 141 Å². The van der Waals surface area contributed by atoms with Crippen LogP contribution in [0, 0.1) is 0 Å². The number of hydrogen-bond acceptors (Lipinski definition) is 5. The molecule has 0 aliphatic heterocycles. The van der Waals surface area contributed by atoms with Crippen LogP contribution in [0.1, 0.15) is 19.4 Å². The highest BCUT2D eigenvalue weighted by Crippen LogP contribution is 2.28. The number of thioether (sulfide) groups is 1. The standard InChI is InChI=1S/C15H17F2N3O3S/c1-23-13(22)7-4-8-18-12(21)9-24-15-19-10-5-2-3-6-11(10)20(15)14(16)17/h2-3,5-6,14H,4,7-9H2,1H3,(H,18,21). The number of benzene rings is 1. The number of halogens is 2. The summed E-state index contributed by atoms with van der Waals surface area (Å²) in [5, 5.41) is 2.72. The number of ether oxygens (including phenoxy) is 1. The van der Waals surface area contributed by atoms with Gasteiger partial charge in [0.05, 0.1) is 23.9 Å². The van der Waals surface area contributed by atoms with Crippen LogP contribution in [-0.4, -0.2) is 40.8 Å². The molecule has 24 heavy (non-hydrogen) atoms. The third-order valence-corrected chi connectivity index (χ3v) is 4.15. The highest BCUT2D eigenvalue weighted by Gasteiger charge is 2.18. The molecule has 2 aromatic rings. The molecule has 0 saturated carbocycles. The molecule has 1 aromatic heterocycles. The summed E-state index contributed by atoms with van der Waals surface area (Å²) in [6.45, 7) is -2.41. The fourth-order valence-corrected chi connectivity index (χ4v) is 2.90. The lowest BCUT2D eigenvalue weighted by Crippen LogP contribution is -2.26. The smallest absolute Gasteiger partial charge is 0.321 e. The average Bonchev–Trinajstić information content (AvgIpc) is 2.95. The number of carbonyl (C=O) groups excluding carboxylic acids is 2. The number of aromatic nitrogens is 2. The van der Waals surface area contributed by atoms with Crippen molar-refractivity contribution in [1.29, 1.82) is 0 Å². The zero-order valence-corrected chi connectivity index (χ0v) is 13.8. The number of imidazole rings is 1. The summed E-state index contributed by atoms with van der Waals surface area (Å²) >= 11 is 0.946. The molecule has 0 spiro atoms. The average molecular weight is 357 g/mol. The van der Waals surface area contributed by atoms with Gasteiger partial charge in [-0.3, -0.25) is 14.2 Å². The maximum Gasteiger partial charge on any atom is 0.321 e. The topological polar surface area (TPSA) is 73.2 Å². The van der Waals surface area contributed by atoms with Crippen molar-refractivity contribution in [3.8, 4) is 0 Å². The van der Waals surface area contributed by atoms with E-state index in [-0.39, 0.29) is 29.2 Å². The van der Waals surface area contributed by atoms with Crippen LogP contribution in [0.3, 0.4) is 0 Å². The summed E-state index contributed by atoms with van der Waals surface area (Å²) in [7, 11) is 1.30. The molecule has 0 bridgehead atoms. The van der Waals surface area contributed by atoms with Gasteiger partial charge in [-0.05, 0) is 18.6 Å². The number of esters is 1. The number of amides is 1. The van der Waals surface area contributed by atoms with Gasteiger partial charge in [0.25, 0.3) is 0 Å². The van der Waals surface area contributed by atoms with E-state index in [1.165, 1.54) is 7.11 Å². The van der Waals surface area contributed by atoms with Gasteiger partial charge in [-0.25, -0.2) is 4.98 Å². The summed E-state index contributed by atoms with van der Waals surface area (Å²) < 4.78 is 31.8. The number of methoxy groups -OCH3 is 1. The Morgan fingerprint density at radius 2 is 2.12 bits per heavy atom. The van der Waals surface area contributed by atoms with Crippen molar-refractivity contribution < 1.29 is 23.1 Å². The summed E-state index contributed by atoms with van der Waals surface area (Å²) in [4.78, 5) is 26.8. The predicted octanol–water partition coefficient (Wildman–Crippen LogP) is 2.59. The molecule has 1 amide bonds. The minimum atomic E-state index is -2.73. The van der Waals surface area contributed by atoms with Crippen LogP contribution in [0.25, 0.3) is 11.0 Å². The van der Waals surface area contributed by atoms with E-state index in [1.807, 2.05) is 0 Å². The number of rotatable bonds is 8. The summed E-state index contributed by atoms with van der Waals surface area (Å²) in [6.07, 6.45) is 0.670. The van der Waals surface area contributed by atoms with E-state index < -0.39 is 6.55 Å². The minimum Gasteiger partial charge on any atom is -0.469 e. The summed E-state index contributed by atoms with van der Waals surface area (Å²) in [5.74, 6) is -0.684. The van der Waals surface area contributed by atoms with E-state index in [4.69, 9.17) is 0 Å². The van der Waals surface area contributed by atoms with E-state index in [0.717, 1.165) is 16.3 Å². The molecule has 2 rings (SSSR count). The maximum atomic E-state index is 13.2. The van der Waals surface area contributed by atoms with Gasteiger partial charge in [0, 0.05) is 13.0 Å². The van der Waals surface area contributed by atoms with Gasteiger partial charge in [-0.15, -0.1) is 0 Å². The molecule has 0 fully saturated rings. The number of alkyl halides is 2. The van der Waals surface area contributed by atoms with Crippen molar-refractivity contribution in [2.45, 2.75) is 24.5 Å². The normalized spacial score (nSPS) is 11.0. The molecule has 1 heterocycles. The number of nitrogens with one attached hydrogen (secondary N) is 1. The van der Waals surface area contributed by atoms with E-state index in [1.54, 1.807) is 24.3 Å². The van der Waals surface area contributed by atoms with Crippen LogP contribution >= 0.6 is 11.8 Å². The number of hydrogen-bond donors (Lipinski definition) is 1. The predicted molar refractivity (Wildman–Crippen MR) is 86.0 cm³/mol. The van der Waals surface area contributed by atoms with E-state index in [2.05, 4.69) is 15.0 Å². The fraction of sp³-hybridized carbons (Fsp3) is 0.400. The Balaban J connectivity index is 1.90. The Morgan fingerprint density at radius 1 is 1.38 bits per heavy atom. The van der Waals surface area contributed by atoms with Crippen LogP contribution in [0.5, 0.6) is 0 Å². The molecule has 0 unspecified atom stereocenters. The molecule has 0 aliphatic rings. The van der Waals surface area contributed by atoms with Crippen molar-refractivity contribution in [1.82, 2.24) is 14.9 Å². The van der Waals surface area contributed by atoms with Crippen molar-refractivity contribution in [3.63, 3.8) is 0 Å². The Kier molecular flexibility index (Phi) is 6.53. The van der Waals surface area contributed by atoms with E-state index >= 15 is 0 Å². The fourth-order valence-electron chi connectivity index (χ4n) is 2.06. The number of nitrogens with zero attached hydrogens (tertiary/aromatic N) is 2. The second-order valence-electron chi connectivity index (χ2n) is 4.85. The van der Waals surface area contributed by atoms with Crippen LogP contribution in [0.2, 0.25) is 0 Å². The number of carbonyl (C=O) groups is 2. The molecule has 0 atom stereocenters. The molecular formula is C15H17F2N3O3S. The molecule has 0 radical (unpaired) electrons. The van der Waals surface area contributed by atoms with Crippen molar-refractivity contribution in [3.05, 3.63) is 24.3 Å². The first kappa shape index (κ1) is 18.2. The first-order chi connectivity index (χ1) is 11.5. The third kappa shape index (κ3) is 4.67. The molecule has 6 nitrogen and oxygen atoms in total. The lowest BCUT2D eigenvalue weighted by Gasteiger charge is -2.07. The van der Waals surface area contributed by atoms with E-state index in [0.29, 0.717) is 24.0 Å². The first-order valence-corrected chi connectivity index (χ1v) is 8.23. The van der Waals surface area contributed by atoms with Gasteiger partial charge in [-0.1, -0.05) is 23.9 Å². The monoisotopic (exact) mass is 357 g/mol. The first-order valence-electron chi connectivity index (χ1n) is 7.24. The van der Waals surface area contributed by atoms with Gasteiger partial charge in [-0.2, -0.15) is 8.78 Å². The van der Waals surface area contributed by atoms with Crippen molar-refractivity contribution in [2.75, 3.05) is 19.4 Å². The van der Waals surface area contributed by atoms with Gasteiger partial charge in [0.15, 0.2) is 5.16 Å². The van der Waals surface area contributed by atoms with Crippen LogP contribution in [0.4, 0.5) is 8.78 Å². The van der Waals surface area contributed by atoms with Crippen LogP contribution < -0.4 is 5.32 Å². The van der Waals surface area contributed by atoms with Gasteiger partial charge < -0.3 is 10.1 Å². The molecular weight excluding hydrogens is 340 g/mol. The lowest BCUT2D eigenvalue weighted by atomic mass is 10.3. The van der Waals surface area contributed by atoms with Crippen LogP contribution in [0.15, 0.2) is 29.4 Å². The quantitative estimate of drug-likeness (QED) is 0.447. The van der Waals surface area contributed by atoms with Gasteiger partial charge in [0.2, 0.25) is 5.91 Å². The minimum absolute atomic E-state index is 0.0335. The molecule has 9 heteroatoms. The SMILES string of the molecule is COC(=O)CCCNC(=O)CSc1nc2ccccc2n1C(F)F. The van der Waals surface area contributed by atoms with Gasteiger partial charge >= 0.3 is 12.5 Å². The zero-order chi connectivity index (χ0) is 17.5. The summed E-state index contributed by atoms with van der Waals surface area (Å²) in [5.41, 5.74) is 0.785. The maximum absolute atomic E-state index is 13.2. The second kappa shape index (κ2) is 8.62. The van der Waals surface area contributed by atoms with Crippen molar-refractivity contribution >= 4 is 34.7 Å². The molecule has 1 N–H and O–H groups in total. The Hall–Kier alpha value is -2.16. The summed E-state index contributed by atoms with van der Waals surface area (Å²) in [6, 6.07) is 6.58. The number of fused-ring (bicyclic) bond motifs is 1. The molecule has 1 aromatic carbocycles. The Morgan fingerprint density at radius 3 is 2.83 bits per heavy atom. The van der Waals surface area contributed by atoms with Crippen LogP contribution in [-0.2, 0) is 14.3 Å². The molecule has 0 aliphatic carbocycles. The third-order valence-electron chi connectivity index (χ3n) is 3.20. The van der Waals surface area contributed by atoms with E-state index in [9.17, 15) is 18.4 Å². The highest BCUT2D eigenvalue weighted by atomic mass is 32.2. The largest absolute Gasteiger partial charge is 0.469 e.